The second kappa shape index (κ2) is 5.84. The minimum absolute atomic E-state index is 0.239. The summed E-state index contributed by atoms with van der Waals surface area (Å²) in [5.74, 6) is 0. The van der Waals surface area contributed by atoms with Crippen molar-refractivity contribution in [3.63, 3.8) is 0 Å². The lowest BCUT2D eigenvalue weighted by molar-refractivity contribution is 0.402. The Morgan fingerprint density at radius 2 is 1.19 bits per heavy atom. The maximum Gasteiger partial charge on any atom is 0.0726 e. The molecular formula is C30H23N. The highest BCUT2D eigenvalue weighted by atomic mass is 15.0. The molecule has 1 nitrogen and oxygen atoms in total. The van der Waals surface area contributed by atoms with Gasteiger partial charge in [0, 0.05) is 6.54 Å². The van der Waals surface area contributed by atoms with Gasteiger partial charge in [-0.3, -0.25) is 0 Å². The van der Waals surface area contributed by atoms with Crippen LogP contribution in [-0.2, 0) is 12.0 Å². The summed E-state index contributed by atoms with van der Waals surface area (Å²) in [6.07, 6.45) is 0. The minimum Gasteiger partial charge on any atom is -0.305 e. The van der Waals surface area contributed by atoms with Crippen LogP contribution in [0.2, 0.25) is 0 Å². The Morgan fingerprint density at radius 1 is 0.581 bits per heavy atom. The molecule has 0 N–H and O–H groups in total. The predicted molar refractivity (Wildman–Crippen MR) is 130 cm³/mol. The van der Waals surface area contributed by atoms with Crippen LogP contribution in [0.5, 0.6) is 0 Å². The van der Waals surface area contributed by atoms with Crippen molar-refractivity contribution in [1.29, 1.82) is 0 Å². The number of fused-ring (bicyclic) bond motifs is 7. The Balaban J connectivity index is 1.72. The molecule has 1 heteroatoms. The first-order valence-electron chi connectivity index (χ1n) is 11.0. The molecule has 2 aliphatic carbocycles. The van der Waals surface area contributed by atoms with Gasteiger partial charge in [-0.25, -0.2) is 0 Å². The smallest absolute Gasteiger partial charge is 0.0726 e. The van der Waals surface area contributed by atoms with Gasteiger partial charge < -0.3 is 4.90 Å². The summed E-state index contributed by atoms with van der Waals surface area (Å²) in [6, 6.07) is 34.4. The summed E-state index contributed by atoms with van der Waals surface area (Å²) in [7, 11) is 4.30. The van der Waals surface area contributed by atoms with Crippen molar-refractivity contribution in [2.45, 2.75) is 12.0 Å². The van der Waals surface area contributed by atoms with E-state index in [0.717, 1.165) is 6.54 Å². The van der Waals surface area contributed by atoms with Gasteiger partial charge in [0.25, 0.3) is 0 Å². The molecule has 0 saturated carbocycles. The van der Waals surface area contributed by atoms with E-state index in [9.17, 15) is 0 Å². The van der Waals surface area contributed by atoms with Gasteiger partial charge >= 0.3 is 0 Å². The summed E-state index contributed by atoms with van der Waals surface area (Å²) in [5.41, 5.74) is 9.60. The van der Waals surface area contributed by atoms with Crippen LogP contribution in [0.4, 0.5) is 0 Å². The molecule has 0 aromatic heterocycles. The lowest BCUT2D eigenvalue weighted by Gasteiger charge is -2.31. The minimum atomic E-state index is -0.239. The summed E-state index contributed by atoms with van der Waals surface area (Å²) < 4.78 is 0. The van der Waals surface area contributed by atoms with Gasteiger partial charge in [0.2, 0.25) is 0 Å². The molecular weight excluding hydrogens is 374 g/mol. The van der Waals surface area contributed by atoms with Crippen LogP contribution in [0.1, 0.15) is 27.8 Å². The Bertz CT molecular complexity index is 1490. The molecule has 7 rings (SSSR count). The van der Waals surface area contributed by atoms with E-state index >= 15 is 0 Å². The summed E-state index contributed by atoms with van der Waals surface area (Å²) >= 11 is 0. The van der Waals surface area contributed by atoms with Gasteiger partial charge in [0.1, 0.15) is 0 Å². The molecule has 0 radical (unpaired) electrons. The van der Waals surface area contributed by atoms with Crippen molar-refractivity contribution in [3.8, 4) is 11.1 Å². The van der Waals surface area contributed by atoms with Crippen molar-refractivity contribution in [2.24, 2.45) is 0 Å². The third-order valence-electron chi connectivity index (χ3n) is 7.28. The molecule has 2 aliphatic rings. The van der Waals surface area contributed by atoms with Gasteiger partial charge in [-0.2, -0.15) is 0 Å². The molecule has 5 aromatic rings. The summed E-state index contributed by atoms with van der Waals surface area (Å²) in [4.78, 5) is 2.26. The molecule has 0 unspecified atom stereocenters. The fourth-order valence-corrected chi connectivity index (χ4v) is 6.33. The van der Waals surface area contributed by atoms with Crippen LogP contribution in [0, 0.1) is 0 Å². The van der Waals surface area contributed by atoms with E-state index in [-0.39, 0.29) is 5.41 Å². The normalized spacial score (nSPS) is 14.8. The molecule has 5 aromatic carbocycles. The maximum atomic E-state index is 2.49. The van der Waals surface area contributed by atoms with Crippen molar-refractivity contribution in [1.82, 2.24) is 4.90 Å². The molecule has 31 heavy (non-hydrogen) atoms. The van der Waals surface area contributed by atoms with Crippen molar-refractivity contribution in [2.75, 3.05) is 14.1 Å². The molecule has 1 spiro atoms. The van der Waals surface area contributed by atoms with Gasteiger partial charge in [0.15, 0.2) is 0 Å². The maximum absolute atomic E-state index is 2.49. The Morgan fingerprint density at radius 3 is 1.90 bits per heavy atom. The second-order valence-corrected chi connectivity index (χ2v) is 9.29. The van der Waals surface area contributed by atoms with Crippen LogP contribution >= 0.6 is 0 Å². The zero-order valence-corrected chi connectivity index (χ0v) is 17.8. The number of hydrogen-bond donors (Lipinski definition) is 0. The van der Waals surface area contributed by atoms with Gasteiger partial charge in [0.05, 0.1) is 5.41 Å². The average Bonchev–Trinajstić information content (AvgIpc) is 3.25. The number of rotatable bonds is 2. The van der Waals surface area contributed by atoms with Crippen molar-refractivity contribution >= 4 is 21.5 Å². The zero-order valence-electron chi connectivity index (χ0n) is 17.8. The molecule has 0 fully saturated rings. The highest BCUT2D eigenvalue weighted by molar-refractivity contribution is 6.17. The van der Waals surface area contributed by atoms with E-state index in [0.29, 0.717) is 0 Å². The van der Waals surface area contributed by atoms with E-state index < -0.39 is 0 Å². The van der Waals surface area contributed by atoms with Gasteiger partial charge in [-0.05, 0) is 80.7 Å². The molecule has 0 atom stereocenters. The largest absolute Gasteiger partial charge is 0.305 e. The zero-order chi connectivity index (χ0) is 20.7. The molecule has 0 amide bonds. The lowest BCUT2D eigenvalue weighted by Crippen LogP contribution is -2.26. The lowest BCUT2D eigenvalue weighted by atomic mass is 9.70. The Hall–Kier alpha value is -3.42. The Labute approximate surface area is 182 Å². The first kappa shape index (κ1) is 17.3. The number of hydrogen-bond acceptors (Lipinski definition) is 1. The molecule has 0 aliphatic heterocycles. The summed E-state index contributed by atoms with van der Waals surface area (Å²) in [6.45, 7) is 0.941. The van der Waals surface area contributed by atoms with E-state index in [1.807, 2.05) is 0 Å². The Kier molecular flexibility index (Phi) is 3.25. The van der Waals surface area contributed by atoms with Crippen LogP contribution < -0.4 is 0 Å². The van der Waals surface area contributed by atoms with E-state index in [1.54, 1.807) is 0 Å². The van der Waals surface area contributed by atoms with Crippen LogP contribution in [0.15, 0.2) is 91.0 Å². The molecule has 0 bridgehead atoms. The fraction of sp³-hybridized carbons (Fsp3) is 0.133. The topological polar surface area (TPSA) is 3.24 Å². The van der Waals surface area contributed by atoms with E-state index in [2.05, 4.69) is 110 Å². The van der Waals surface area contributed by atoms with Crippen LogP contribution in [-0.4, -0.2) is 19.0 Å². The first-order chi connectivity index (χ1) is 15.2. The average molecular weight is 398 g/mol. The summed E-state index contributed by atoms with van der Waals surface area (Å²) in [5, 5.41) is 5.55. The third kappa shape index (κ3) is 2.00. The highest BCUT2D eigenvalue weighted by Crippen LogP contribution is 2.62. The predicted octanol–water partition coefficient (Wildman–Crippen LogP) is 6.73. The first-order valence-corrected chi connectivity index (χ1v) is 11.0. The number of benzene rings is 5. The number of nitrogens with zero attached hydrogens (tertiary/aromatic N) is 1. The third-order valence-corrected chi connectivity index (χ3v) is 7.28. The molecule has 0 saturated heterocycles. The standard InChI is InChI=1S/C30H23N/c1-31(2)18-19-16-21-15-14-20-8-7-13-26-28(20)29(21)27(17-19)30(26)24-11-5-3-9-22(24)23-10-4-6-12-25(23)30/h3-17H,18H2,1-2H3. The van der Waals surface area contributed by atoms with Gasteiger partial charge in [-0.15, -0.1) is 0 Å². The van der Waals surface area contributed by atoms with E-state index in [4.69, 9.17) is 0 Å². The molecule has 0 heterocycles. The molecule has 148 valence electrons. The highest BCUT2D eigenvalue weighted by Gasteiger charge is 2.50. The monoisotopic (exact) mass is 397 g/mol. The quantitative estimate of drug-likeness (QED) is 0.292. The van der Waals surface area contributed by atoms with Gasteiger partial charge in [-0.1, -0.05) is 84.9 Å². The fourth-order valence-electron chi connectivity index (χ4n) is 6.33. The van der Waals surface area contributed by atoms with E-state index in [1.165, 1.54) is 60.5 Å². The van der Waals surface area contributed by atoms with Crippen LogP contribution in [0.3, 0.4) is 0 Å². The SMILES string of the molecule is CN(C)Cc1cc2c3c(ccc4cccc(c43)C23c2ccccc2-c2ccccc23)c1. The van der Waals surface area contributed by atoms with Crippen molar-refractivity contribution in [3.05, 3.63) is 119 Å². The second-order valence-electron chi connectivity index (χ2n) is 9.29. The van der Waals surface area contributed by atoms with Crippen molar-refractivity contribution < 1.29 is 0 Å². The van der Waals surface area contributed by atoms with Crippen LogP contribution in [0.25, 0.3) is 32.7 Å².